The van der Waals surface area contributed by atoms with Crippen LogP contribution in [-0.4, -0.2) is 40.7 Å². The Morgan fingerprint density at radius 3 is 2.35 bits per heavy atom. The highest BCUT2D eigenvalue weighted by Gasteiger charge is 2.26. The maximum Gasteiger partial charge on any atom is 0.255 e. The van der Waals surface area contributed by atoms with Gasteiger partial charge in [-0.25, -0.2) is 0 Å². The molecule has 5 heteroatoms. The summed E-state index contributed by atoms with van der Waals surface area (Å²) < 4.78 is 7.17. The first-order valence-corrected chi connectivity index (χ1v) is 7.77. The summed E-state index contributed by atoms with van der Waals surface area (Å²) in [6.07, 6.45) is 1.65. The number of hydrogen-bond donors (Lipinski definition) is 0. The van der Waals surface area contributed by atoms with Crippen LogP contribution >= 0.6 is 0 Å². The second-order valence-electron chi connectivity index (χ2n) is 5.93. The minimum absolute atomic E-state index is 0.0164. The Morgan fingerprint density at radius 2 is 1.70 bits per heavy atom. The van der Waals surface area contributed by atoms with Crippen molar-refractivity contribution in [3.8, 4) is 5.69 Å². The Hall–Kier alpha value is -2.40. The monoisotopic (exact) mass is 312 g/mol. The van der Waals surface area contributed by atoms with Crippen LogP contribution in [0.4, 0.5) is 0 Å². The van der Waals surface area contributed by atoms with Crippen molar-refractivity contribution in [2.24, 2.45) is 0 Å². The zero-order valence-electron chi connectivity index (χ0n) is 13.3. The highest BCUT2D eigenvalue weighted by molar-refractivity contribution is 5.94. The van der Waals surface area contributed by atoms with E-state index >= 15 is 0 Å². The second-order valence-corrected chi connectivity index (χ2v) is 5.93. The van der Waals surface area contributed by atoms with Crippen LogP contribution in [0.25, 0.3) is 5.69 Å². The molecule has 0 N–H and O–H groups in total. The quantitative estimate of drug-likeness (QED) is 0.853. The molecule has 0 saturated carbocycles. The smallest absolute Gasteiger partial charge is 0.255 e. The predicted octanol–water partition coefficient (Wildman–Crippen LogP) is 2.09. The molecule has 0 spiro atoms. The summed E-state index contributed by atoms with van der Waals surface area (Å²) in [5.74, 6) is -0.0725. The van der Waals surface area contributed by atoms with Crippen LogP contribution in [0.15, 0.2) is 53.5 Å². The summed E-state index contributed by atoms with van der Waals surface area (Å²) in [7, 11) is 0. The molecule has 1 aliphatic rings. The van der Waals surface area contributed by atoms with E-state index in [4.69, 9.17) is 4.74 Å². The zero-order valence-corrected chi connectivity index (χ0v) is 13.3. The van der Waals surface area contributed by atoms with Crippen molar-refractivity contribution in [2.75, 3.05) is 13.1 Å². The number of para-hydroxylation sites is 1. The van der Waals surface area contributed by atoms with Gasteiger partial charge >= 0.3 is 0 Å². The summed E-state index contributed by atoms with van der Waals surface area (Å²) in [5.41, 5.74) is 1.10. The minimum atomic E-state index is -0.156. The van der Waals surface area contributed by atoms with Gasteiger partial charge in [-0.2, -0.15) is 0 Å². The van der Waals surface area contributed by atoms with Gasteiger partial charge in [0.1, 0.15) is 0 Å². The first-order chi connectivity index (χ1) is 11.0. The summed E-state index contributed by atoms with van der Waals surface area (Å²) in [6.45, 7) is 5.04. The maximum absolute atomic E-state index is 12.7. The van der Waals surface area contributed by atoms with Gasteiger partial charge in [-0.1, -0.05) is 18.2 Å². The maximum atomic E-state index is 12.7. The van der Waals surface area contributed by atoms with Crippen molar-refractivity contribution in [3.05, 3.63) is 64.6 Å². The fraction of sp³-hybridized carbons (Fsp3) is 0.333. The number of carbonyl (C=O) groups excluding carboxylic acids is 1. The summed E-state index contributed by atoms with van der Waals surface area (Å²) >= 11 is 0. The average molecular weight is 312 g/mol. The van der Waals surface area contributed by atoms with Gasteiger partial charge < -0.3 is 9.64 Å². The molecule has 0 radical (unpaired) electrons. The number of amides is 1. The molecule has 1 fully saturated rings. The van der Waals surface area contributed by atoms with E-state index in [0.29, 0.717) is 18.7 Å². The van der Waals surface area contributed by atoms with Gasteiger partial charge in [0.25, 0.3) is 11.5 Å². The number of carbonyl (C=O) groups is 1. The molecule has 1 aromatic carbocycles. The van der Waals surface area contributed by atoms with Gasteiger partial charge in [-0.3, -0.25) is 14.2 Å². The molecule has 1 aliphatic heterocycles. The van der Waals surface area contributed by atoms with Crippen LogP contribution in [0.2, 0.25) is 0 Å². The zero-order chi connectivity index (χ0) is 16.4. The molecule has 0 unspecified atom stereocenters. The SMILES string of the molecule is C[C@@H]1CN(C(=O)c2ccc(=O)n(-c3ccccc3)c2)C[C@H](C)O1. The van der Waals surface area contributed by atoms with Crippen molar-refractivity contribution in [2.45, 2.75) is 26.1 Å². The third-order valence-electron chi connectivity index (χ3n) is 3.90. The van der Waals surface area contributed by atoms with E-state index in [0.717, 1.165) is 5.69 Å². The number of aromatic nitrogens is 1. The molecule has 2 heterocycles. The number of ether oxygens (including phenoxy) is 1. The van der Waals surface area contributed by atoms with Crippen molar-refractivity contribution in [1.29, 1.82) is 0 Å². The van der Waals surface area contributed by atoms with Crippen LogP contribution in [0, 0.1) is 0 Å². The van der Waals surface area contributed by atoms with Gasteiger partial charge in [0.2, 0.25) is 0 Å². The Labute approximate surface area is 135 Å². The van der Waals surface area contributed by atoms with Gasteiger partial charge in [-0.15, -0.1) is 0 Å². The molecule has 2 atom stereocenters. The summed E-state index contributed by atoms with van der Waals surface area (Å²) in [4.78, 5) is 26.6. The molecule has 23 heavy (non-hydrogen) atoms. The summed E-state index contributed by atoms with van der Waals surface area (Å²) in [5, 5.41) is 0. The number of nitrogens with zero attached hydrogens (tertiary/aromatic N) is 2. The van der Waals surface area contributed by atoms with Crippen molar-refractivity contribution >= 4 is 5.91 Å². The van der Waals surface area contributed by atoms with Crippen LogP contribution in [0.5, 0.6) is 0 Å². The largest absolute Gasteiger partial charge is 0.372 e. The lowest BCUT2D eigenvalue weighted by molar-refractivity contribution is -0.0586. The van der Waals surface area contributed by atoms with E-state index < -0.39 is 0 Å². The van der Waals surface area contributed by atoms with E-state index in [2.05, 4.69) is 0 Å². The van der Waals surface area contributed by atoms with Crippen LogP contribution in [0.3, 0.4) is 0 Å². The molecule has 3 rings (SSSR count). The first-order valence-electron chi connectivity index (χ1n) is 7.77. The molecule has 2 aromatic rings. The van der Waals surface area contributed by atoms with Crippen molar-refractivity contribution < 1.29 is 9.53 Å². The van der Waals surface area contributed by atoms with Gasteiger partial charge in [0.05, 0.1) is 17.8 Å². The van der Waals surface area contributed by atoms with E-state index in [-0.39, 0.29) is 23.7 Å². The lowest BCUT2D eigenvalue weighted by Gasteiger charge is -2.35. The van der Waals surface area contributed by atoms with Gasteiger partial charge in [0.15, 0.2) is 0 Å². The molecule has 120 valence electrons. The topological polar surface area (TPSA) is 51.5 Å². The molecular formula is C18H20N2O3. The number of rotatable bonds is 2. The fourth-order valence-electron chi connectivity index (χ4n) is 2.93. The molecule has 5 nitrogen and oxygen atoms in total. The number of morpholine rings is 1. The normalized spacial score (nSPS) is 21.2. The number of pyridine rings is 1. The average Bonchev–Trinajstić information content (AvgIpc) is 2.54. The van der Waals surface area contributed by atoms with Crippen molar-refractivity contribution in [1.82, 2.24) is 9.47 Å². The minimum Gasteiger partial charge on any atom is -0.372 e. The van der Waals surface area contributed by atoms with E-state index in [1.807, 2.05) is 44.2 Å². The highest BCUT2D eigenvalue weighted by atomic mass is 16.5. The molecule has 1 aromatic heterocycles. The standard InChI is InChI=1S/C18H20N2O3/c1-13-10-19(11-14(2)23-13)18(22)15-8-9-17(21)20(12-15)16-6-4-3-5-7-16/h3-9,12-14H,10-11H2,1-2H3/t13-,14+. The Kier molecular flexibility index (Phi) is 4.30. The Balaban J connectivity index is 1.92. The summed E-state index contributed by atoms with van der Waals surface area (Å²) in [6, 6.07) is 12.3. The third kappa shape index (κ3) is 3.35. The van der Waals surface area contributed by atoms with E-state index in [9.17, 15) is 9.59 Å². The molecule has 1 saturated heterocycles. The van der Waals surface area contributed by atoms with Gasteiger partial charge in [0, 0.05) is 31.0 Å². The Morgan fingerprint density at radius 1 is 1.04 bits per heavy atom. The van der Waals surface area contributed by atoms with Crippen LogP contribution < -0.4 is 5.56 Å². The lowest BCUT2D eigenvalue weighted by atomic mass is 10.2. The number of hydrogen-bond acceptors (Lipinski definition) is 3. The fourth-order valence-corrected chi connectivity index (χ4v) is 2.93. The Bertz CT molecular complexity index is 744. The van der Waals surface area contributed by atoms with Crippen LogP contribution in [-0.2, 0) is 4.74 Å². The lowest BCUT2D eigenvalue weighted by Crippen LogP contribution is -2.48. The molecular weight excluding hydrogens is 292 g/mol. The number of benzene rings is 1. The third-order valence-corrected chi connectivity index (χ3v) is 3.90. The first kappa shape index (κ1) is 15.5. The van der Waals surface area contributed by atoms with Crippen LogP contribution in [0.1, 0.15) is 24.2 Å². The molecule has 0 aliphatic carbocycles. The van der Waals surface area contributed by atoms with Crippen molar-refractivity contribution in [3.63, 3.8) is 0 Å². The molecule has 0 bridgehead atoms. The molecule has 1 amide bonds. The predicted molar refractivity (Wildman–Crippen MR) is 88.0 cm³/mol. The highest BCUT2D eigenvalue weighted by Crippen LogP contribution is 2.14. The van der Waals surface area contributed by atoms with E-state index in [1.54, 1.807) is 17.2 Å². The second kappa shape index (κ2) is 6.38. The van der Waals surface area contributed by atoms with E-state index in [1.165, 1.54) is 10.6 Å². The van der Waals surface area contributed by atoms with Gasteiger partial charge in [-0.05, 0) is 32.0 Å².